The molecule has 0 saturated carbocycles. The van der Waals surface area contributed by atoms with Crippen LogP contribution in [0, 0.1) is 0 Å². The van der Waals surface area contributed by atoms with Gasteiger partial charge < -0.3 is 14.8 Å². The van der Waals surface area contributed by atoms with Crippen LogP contribution in [0.25, 0.3) is 21.6 Å². The molecule has 0 fully saturated rings. The predicted molar refractivity (Wildman–Crippen MR) is 99.1 cm³/mol. The molecule has 0 aliphatic heterocycles. The summed E-state index contributed by atoms with van der Waals surface area (Å²) in [6, 6.07) is 12.4. The number of anilines is 1. The summed E-state index contributed by atoms with van der Waals surface area (Å²) in [4.78, 5) is 7.87. The average molecular weight is 360 g/mol. The maximum absolute atomic E-state index is 9.16. The van der Waals surface area contributed by atoms with E-state index in [4.69, 9.17) is 5.11 Å². The summed E-state index contributed by atoms with van der Waals surface area (Å²) >= 11 is 4.86. The van der Waals surface area contributed by atoms with Crippen LogP contribution in [-0.4, -0.2) is 15.1 Å². The Morgan fingerprint density at radius 1 is 1.22 bits per heavy atom. The van der Waals surface area contributed by atoms with E-state index in [0.29, 0.717) is 5.69 Å². The first-order chi connectivity index (χ1) is 11.3. The molecule has 0 aliphatic rings. The summed E-state index contributed by atoms with van der Waals surface area (Å²) in [7, 11) is 0. The Morgan fingerprint density at radius 3 is 2.96 bits per heavy atom. The zero-order valence-electron chi connectivity index (χ0n) is 11.9. The van der Waals surface area contributed by atoms with Gasteiger partial charge in [-0.1, -0.05) is 18.2 Å². The van der Waals surface area contributed by atoms with Gasteiger partial charge in [-0.3, -0.25) is 0 Å². The molecule has 116 valence electrons. The first-order valence-electron chi connectivity index (χ1n) is 6.97. The van der Waals surface area contributed by atoms with Gasteiger partial charge in [-0.25, -0.2) is 4.98 Å². The van der Waals surface area contributed by atoms with E-state index < -0.39 is 0 Å². The van der Waals surface area contributed by atoms with Crippen molar-refractivity contribution in [3.63, 3.8) is 0 Å². The second-order valence-electron chi connectivity index (χ2n) is 4.89. The Balaban J connectivity index is 1.66. The molecule has 3 heterocycles. The van der Waals surface area contributed by atoms with Crippen LogP contribution in [0.2, 0.25) is 0 Å². The molecule has 3 aromatic heterocycles. The second-order valence-corrected chi connectivity index (χ2v) is 7.80. The minimum atomic E-state index is -0.0268. The van der Waals surface area contributed by atoms with Gasteiger partial charge >= 0.3 is 0 Å². The summed E-state index contributed by atoms with van der Waals surface area (Å²) in [5.41, 5.74) is 3.79. The molecule has 0 bridgehead atoms. The first-order valence-corrected chi connectivity index (χ1v) is 9.55. The fourth-order valence-electron chi connectivity index (χ4n) is 2.29. The van der Waals surface area contributed by atoms with E-state index in [0.717, 1.165) is 27.3 Å². The highest BCUT2D eigenvalue weighted by molar-refractivity contribution is 8.02. The maximum atomic E-state index is 9.16. The van der Waals surface area contributed by atoms with Gasteiger partial charge in [0.25, 0.3) is 0 Å². The molecular formula is C16H13N3OS3. The highest BCUT2D eigenvalue weighted by atomic mass is 32.2. The number of hydrogen-bond acceptors (Lipinski definition) is 6. The van der Waals surface area contributed by atoms with Crippen LogP contribution in [0.4, 0.5) is 5.69 Å². The monoisotopic (exact) mass is 359 g/mol. The van der Waals surface area contributed by atoms with Crippen molar-refractivity contribution in [3.05, 3.63) is 52.9 Å². The van der Waals surface area contributed by atoms with Crippen molar-refractivity contribution in [2.45, 2.75) is 10.8 Å². The Hall–Kier alpha value is -1.80. The van der Waals surface area contributed by atoms with E-state index >= 15 is 0 Å². The van der Waals surface area contributed by atoms with Crippen LogP contribution >= 0.6 is 34.6 Å². The van der Waals surface area contributed by atoms with Crippen molar-refractivity contribution in [1.29, 1.82) is 0 Å². The number of thiazole rings is 1. The molecule has 0 amide bonds. The van der Waals surface area contributed by atoms with Crippen molar-refractivity contribution in [1.82, 2.24) is 9.97 Å². The molecule has 4 rings (SSSR count). The molecule has 1 aromatic carbocycles. The highest BCUT2D eigenvalue weighted by Gasteiger charge is 2.10. The molecule has 4 nitrogen and oxygen atoms in total. The van der Waals surface area contributed by atoms with Crippen LogP contribution in [0.1, 0.15) is 5.69 Å². The summed E-state index contributed by atoms with van der Waals surface area (Å²) < 4.78 is 4.63. The summed E-state index contributed by atoms with van der Waals surface area (Å²) in [6.07, 6.45) is 0. The van der Waals surface area contributed by atoms with Gasteiger partial charge in [-0.2, -0.15) is 0 Å². The topological polar surface area (TPSA) is 60.9 Å². The number of aromatic amines is 1. The van der Waals surface area contributed by atoms with E-state index in [9.17, 15) is 0 Å². The molecule has 0 spiro atoms. The minimum absolute atomic E-state index is 0.0268. The van der Waals surface area contributed by atoms with E-state index in [2.05, 4.69) is 44.3 Å². The Bertz CT molecular complexity index is 927. The molecule has 0 atom stereocenters. The molecular weight excluding hydrogens is 346 g/mol. The number of nitrogens with zero attached hydrogens (tertiary/aromatic N) is 1. The number of aliphatic hydroxyl groups excluding tert-OH is 1. The van der Waals surface area contributed by atoms with Crippen LogP contribution in [-0.2, 0) is 6.61 Å². The first kappa shape index (κ1) is 14.8. The molecule has 0 radical (unpaired) electrons. The smallest absolute Gasteiger partial charge is 0.140 e. The second kappa shape index (κ2) is 6.37. The lowest BCUT2D eigenvalue weighted by atomic mass is 10.2. The SMILES string of the molecule is OCc1csc(-c2cc3cccc(NSc4cccs4)c3[nH]2)n1. The van der Waals surface area contributed by atoms with Crippen molar-refractivity contribution >= 4 is 51.2 Å². The van der Waals surface area contributed by atoms with E-state index in [-0.39, 0.29) is 6.61 Å². The molecule has 7 heteroatoms. The lowest BCUT2D eigenvalue weighted by Gasteiger charge is -2.04. The number of rotatable bonds is 5. The third-order valence-corrected chi connectivity index (χ3v) is 6.14. The number of fused-ring (bicyclic) bond motifs is 1. The third kappa shape index (κ3) is 3.00. The standard InChI is InChI=1S/C16H13N3OS3/c20-8-11-9-22-16(17-11)13-7-10-3-1-4-12(15(10)18-13)19-23-14-5-2-6-21-14/h1-7,9,18-20H,8H2. The largest absolute Gasteiger partial charge is 0.390 e. The minimum Gasteiger partial charge on any atom is -0.390 e. The number of nitrogens with one attached hydrogen (secondary N) is 2. The van der Waals surface area contributed by atoms with Gasteiger partial charge in [0, 0.05) is 10.8 Å². The maximum Gasteiger partial charge on any atom is 0.140 e. The zero-order chi connectivity index (χ0) is 15.6. The van der Waals surface area contributed by atoms with Gasteiger partial charge in [0.05, 0.1) is 33.4 Å². The van der Waals surface area contributed by atoms with E-state index in [1.54, 1.807) is 23.3 Å². The number of aromatic nitrogens is 2. The molecule has 0 aliphatic carbocycles. The summed E-state index contributed by atoms with van der Waals surface area (Å²) in [6.45, 7) is -0.0268. The number of hydrogen-bond donors (Lipinski definition) is 3. The Kier molecular flexibility index (Phi) is 4.09. The van der Waals surface area contributed by atoms with Crippen molar-refractivity contribution in [3.8, 4) is 10.7 Å². The number of aliphatic hydroxyl groups is 1. The molecule has 4 aromatic rings. The van der Waals surface area contributed by atoms with Crippen molar-refractivity contribution < 1.29 is 5.11 Å². The van der Waals surface area contributed by atoms with Crippen LogP contribution in [0.15, 0.2) is 51.4 Å². The van der Waals surface area contributed by atoms with Crippen LogP contribution in [0.3, 0.4) is 0 Å². The molecule has 3 N–H and O–H groups in total. The Morgan fingerprint density at radius 2 is 2.17 bits per heavy atom. The lowest BCUT2D eigenvalue weighted by Crippen LogP contribution is -1.87. The average Bonchev–Trinajstić information content (AvgIpc) is 3.31. The van der Waals surface area contributed by atoms with E-state index in [1.807, 2.05) is 17.5 Å². The number of para-hydroxylation sites is 1. The highest BCUT2D eigenvalue weighted by Crippen LogP contribution is 2.33. The quantitative estimate of drug-likeness (QED) is 0.441. The lowest BCUT2D eigenvalue weighted by molar-refractivity contribution is 0.278. The molecule has 23 heavy (non-hydrogen) atoms. The van der Waals surface area contributed by atoms with Crippen molar-refractivity contribution in [2.75, 3.05) is 4.72 Å². The van der Waals surface area contributed by atoms with Gasteiger partial charge in [0.2, 0.25) is 0 Å². The summed E-state index contributed by atoms with van der Waals surface area (Å²) in [5.74, 6) is 0. The van der Waals surface area contributed by atoms with Gasteiger partial charge in [-0.15, -0.1) is 22.7 Å². The Labute approximate surface area is 145 Å². The van der Waals surface area contributed by atoms with Gasteiger partial charge in [0.1, 0.15) is 5.01 Å². The number of thiophene rings is 1. The number of H-pyrrole nitrogens is 1. The molecule has 0 saturated heterocycles. The fourth-order valence-corrected chi connectivity index (χ4v) is 4.53. The van der Waals surface area contributed by atoms with Crippen molar-refractivity contribution in [2.24, 2.45) is 0 Å². The fraction of sp³-hybridized carbons (Fsp3) is 0.0625. The summed E-state index contributed by atoms with van der Waals surface area (Å²) in [5, 5.41) is 15.1. The molecule has 0 unspecified atom stereocenters. The van der Waals surface area contributed by atoms with Gasteiger partial charge in [-0.05, 0) is 35.5 Å². The third-order valence-electron chi connectivity index (χ3n) is 3.36. The predicted octanol–water partition coefficient (Wildman–Crippen LogP) is 4.96. The zero-order valence-corrected chi connectivity index (χ0v) is 14.4. The van der Waals surface area contributed by atoms with Gasteiger partial charge in [0.15, 0.2) is 0 Å². The van der Waals surface area contributed by atoms with E-state index in [1.165, 1.54) is 15.5 Å². The normalized spacial score (nSPS) is 11.2. The van der Waals surface area contributed by atoms with Crippen LogP contribution < -0.4 is 4.72 Å². The van der Waals surface area contributed by atoms with Crippen LogP contribution in [0.5, 0.6) is 0 Å². The number of benzene rings is 1.